The molecule has 0 saturated heterocycles. The van der Waals surface area contributed by atoms with Crippen molar-refractivity contribution < 1.29 is 4.52 Å². The maximum Gasteiger partial charge on any atom is 0.230 e. The normalized spacial score (nSPS) is 10.8. The molecule has 3 nitrogen and oxygen atoms in total. The van der Waals surface area contributed by atoms with E-state index in [1.54, 1.807) is 0 Å². The number of benzene rings is 2. The fraction of sp³-hybridized carbons (Fsp3) is 0.0625. The van der Waals surface area contributed by atoms with Crippen LogP contribution in [0, 0.1) is 6.92 Å². The molecule has 0 saturated carbocycles. The molecule has 2 N–H and O–H groups in total. The zero-order valence-electron chi connectivity index (χ0n) is 11.2. The van der Waals surface area contributed by atoms with Crippen LogP contribution in [0.3, 0.4) is 0 Å². The third kappa shape index (κ3) is 2.63. The SMILES string of the molecule is Cc1c(Br)cccc1-c1noc(N)c1-c1ccc(Br)cc1. The molecule has 0 aliphatic carbocycles. The fourth-order valence-electron chi connectivity index (χ4n) is 2.25. The molecule has 21 heavy (non-hydrogen) atoms. The maximum atomic E-state index is 5.98. The van der Waals surface area contributed by atoms with Crippen molar-refractivity contribution in [3.8, 4) is 22.4 Å². The summed E-state index contributed by atoms with van der Waals surface area (Å²) in [4.78, 5) is 0. The summed E-state index contributed by atoms with van der Waals surface area (Å²) in [5.41, 5.74) is 10.6. The minimum atomic E-state index is 0.326. The Kier molecular flexibility index (Phi) is 3.87. The van der Waals surface area contributed by atoms with E-state index in [-0.39, 0.29) is 0 Å². The average Bonchev–Trinajstić information content (AvgIpc) is 2.85. The highest BCUT2D eigenvalue weighted by Crippen LogP contribution is 2.39. The molecule has 0 bridgehead atoms. The van der Waals surface area contributed by atoms with Gasteiger partial charge in [0.2, 0.25) is 5.88 Å². The number of halogens is 2. The molecule has 0 spiro atoms. The predicted molar refractivity (Wildman–Crippen MR) is 91.9 cm³/mol. The highest BCUT2D eigenvalue weighted by Gasteiger charge is 2.19. The number of nitrogen functional groups attached to an aromatic ring is 1. The molecule has 1 heterocycles. The first kappa shape index (κ1) is 14.4. The third-order valence-electron chi connectivity index (χ3n) is 3.37. The summed E-state index contributed by atoms with van der Waals surface area (Å²) in [7, 11) is 0. The van der Waals surface area contributed by atoms with E-state index in [0.29, 0.717) is 5.88 Å². The van der Waals surface area contributed by atoms with Crippen LogP contribution in [0.25, 0.3) is 22.4 Å². The lowest BCUT2D eigenvalue weighted by Crippen LogP contribution is -1.90. The van der Waals surface area contributed by atoms with Crippen molar-refractivity contribution in [3.05, 3.63) is 57.0 Å². The molecule has 3 rings (SSSR count). The number of hydrogen-bond donors (Lipinski definition) is 1. The van der Waals surface area contributed by atoms with Crippen LogP contribution in [-0.4, -0.2) is 5.16 Å². The minimum Gasteiger partial charge on any atom is -0.367 e. The standard InChI is InChI=1S/C16H12Br2N2O/c1-9-12(3-2-4-13(9)18)15-14(16(19)21-20-15)10-5-7-11(17)8-6-10/h2-8H,19H2,1H3. The zero-order chi connectivity index (χ0) is 15.0. The van der Waals surface area contributed by atoms with Gasteiger partial charge in [-0.2, -0.15) is 0 Å². The van der Waals surface area contributed by atoms with Crippen molar-refractivity contribution in [3.63, 3.8) is 0 Å². The largest absolute Gasteiger partial charge is 0.367 e. The average molecular weight is 408 g/mol. The molecule has 5 heteroatoms. The van der Waals surface area contributed by atoms with Gasteiger partial charge in [0, 0.05) is 14.5 Å². The monoisotopic (exact) mass is 406 g/mol. The Morgan fingerprint density at radius 1 is 1.05 bits per heavy atom. The van der Waals surface area contributed by atoms with Crippen LogP contribution in [0.5, 0.6) is 0 Å². The molecule has 0 atom stereocenters. The molecule has 2 aromatic carbocycles. The van der Waals surface area contributed by atoms with Crippen LogP contribution < -0.4 is 5.73 Å². The molecule has 0 amide bonds. The Morgan fingerprint density at radius 2 is 1.76 bits per heavy atom. The summed E-state index contributed by atoms with van der Waals surface area (Å²) in [5.74, 6) is 0.326. The number of nitrogens with two attached hydrogens (primary N) is 1. The number of aromatic nitrogens is 1. The van der Waals surface area contributed by atoms with Gasteiger partial charge < -0.3 is 10.3 Å². The van der Waals surface area contributed by atoms with Crippen molar-refractivity contribution in [1.82, 2.24) is 5.16 Å². The lowest BCUT2D eigenvalue weighted by molar-refractivity contribution is 0.439. The van der Waals surface area contributed by atoms with Crippen LogP contribution in [0.2, 0.25) is 0 Å². The van der Waals surface area contributed by atoms with E-state index in [1.807, 2.05) is 49.4 Å². The van der Waals surface area contributed by atoms with Crippen molar-refractivity contribution >= 4 is 37.7 Å². The van der Waals surface area contributed by atoms with E-state index in [9.17, 15) is 0 Å². The van der Waals surface area contributed by atoms with E-state index >= 15 is 0 Å². The summed E-state index contributed by atoms with van der Waals surface area (Å²) in [6.07, 6.45) is 0. The molecule has 1 aromatic heterocycles. The van der Waals surface area contributed by atoms with Crippen molar-refractivity contribution in [2.75, 3.05) is 5.73 Å². The second-order valence-electron chi connectivity index (χ2n) is 4.69. The smallest absolute Gasteiger partial charge is 0.230 e. The van der Waals surface area contributed by atoms with E-state index in [1.165, 1.54) is 0 Å². The fourth-order valence-corrected chi connectivity index (χ4v) is 2.88. The van der Waals surface area contributed by atoms with Crippen LogP contribution in [0.4, 0.5) is 5.88 Å². The van der Waals surface area contributed by atoms with E-state index < -0.39 is 0 Å². The Labute approximate surface area is 139 Å². The van der Waals surface area contributed by atoms with Crippen LogP contribution in [-0.2, 0) is 0 Å². The van der Waals surface area contributed by atoms with Crippen molar-refractivity contribution in [1.29, 1.82) is 0 Å². The first-order valence-electron chi connectivity index (χ1n) is 6.34. The van der Waals surface area contributed by atoms with Gasteiger partial charge in [-0.15, -0.1) is 0 Å². The zero-order valence-corrected chi connectivity index (χ0v) is 14.4. The molecule has 0 aliphatic rings. The second-order valence-corrected chi connectivity index (χ2v) is 6.46. The molecule has 3 aromatic rings. The molecule has 0 aliphatic heterocycles. The molecular formula is C16H12Br2N2O. The summed E-state index contributed by atoms with van der Waals surface area (Å²) in [6, 6.07) is 13.9. The lowest BCUT2D eigenvalue weighted by Gasteiger charge is -2.07. The highest BCUT2D eigenvalue weighted by atomic mass is 79.9. The number of rotatable bonds is 2. The van der Waals surface area contributed by atoms with Gasteiger partial charge in [-0.25, -0.2) is 0 Å². The Hall–Kier alpha value is -1.59. The van der Waals surface area contributed by atoms with Crippen molar-refractivity contribution in [2.24, 2.45) is 0 Å². The summed E-state index contributed by atoms with van der Waals surface area (Å²) in [6.45, 7) is 2.04. The van der Waals surface area contributed by atoms with Gasteiger partial charge in [-0.05, 0) is 36.2 Å². The lowest BCUT2D eigenvalue weighted by atomic mass is 9.98. The number of anilines is 1. The predicted octanol–water partition coefficient (Wildman–Crippen LogP) is 5.42. The third-order valence-corrected chi connectivity index (χ3v) is 4.76. The molecular weight excluding hydrogens is 396 g/mol. The second kappa shape index (κ2) is 5.66. The van der Waals surface area contributed by atoms with Gasteiger partial charge in [0.1, 0.15) is 5.69 Å². The molecule has 0 radical (unpaired) electrons. The molecule has 0 fully saturated rings. The van der Waals surface area contributed by atoms with E-state index in [2.05, 4.69) is 37.0 Å². The van der Waals surface area contributed by atoms with Crippen molar-refractivity contribution in [2.45, 2.75) is 6.92 Å². The van der Waals surface area contributed by atoms with Crippen LogP contribution in [0.1, 0.15) is 5.56 Å². The van der Waals surface area contributed by atoms with Crippen LogP contribution in [0.15, 0.2) is 55.9 Å². The van der Waals surface area contributed by atoms with E-state index in [0.717, 1.165) is 36.9 Å². The molecule has 106 valence electrons. The van der Waals surface area contributed by atoms with Gasteiger partial charge >= 0.3 is 0 Å². The van der Waals surface area contributed by atoms with Gasteiger partial charge in [0.05, 0.1) is 5.56 Å². The van der Waals surface area contributed by atoms with Gasteiger partial charge in [0.15, 0.2) is 0 Å². The van der Waals surface area contributed by atoms with Gasteiger partial charge in [-0.1, -0.05) is 61.3 Å². The van der Waals surface area contributed by atoms with Gasteiger partial charge in [-0.3, -0.25) is 0 Å². The van der Waals surface area contributed by atoms with E-state index in [4.69, 9.17) is 10.3 Å². The Balaban J connectivity index is 2.22. The Morgan fingerprint density at radius 3 is 2.48 bits per heavy atom. The number of hydrogen-bond acceptors (Lipinski definition) is 3. The first-order chi connectivity index (χ1) is 10.1. The minimum absolute atomic E-state index is 0.326. The number of nitrogens with zero attached hydrogens (tertiary/aromatic N) is 1. The highest BCUT2D eigenvalue weighted by molar-refractivity contribution is 9.10. The maximum absolute atomic E-state index is 5.98. The topological polar surface area (TPSA) is 52.0 Å². The summed E-state index contributed by atoms with van der Waals surface area (Å²) < 4.78 is 7.28. The quantitative estimate of drug-likeness (QED) is 0.616. The van der Waals surface area contributed by atoms with Gasteiger partial charge in [0.25, 0.3) is 0 Å². The summed E-state index contributed by atoms with van der Waals surface area (Å²) in [5, 5.41) is 4.15. The molecule has 0 unspecified atom stereocenters. The Bertz CT molecular complexity index is 795. The van der Waals surface area contributed by atoms with Crippen LogP contribution >= 0.6 is 31.9 Å². The summed E-state index contributed by atoms with van der Waals surface area (Å²) >= 11 is 6.98. The first-order valence-corrected chi connectivity index (χ1v) is 7.93.